The summed E-state index contributed by atoms with van der Waals surface area (Å²) in [6.07, 6.45) is 7.00. The summed E-state index contributed by atoms with van der Waals surface area (Å²) in [5.74, 6) is -0.0303. The van der Waals surface area contributed by atoms with Gasteiger partial charge in [0.05, 0.1) is 0 Å². The average Bonchev–Trinajstić information content (AvgIpc) is 2.47. The molecule has 0 aromatic heterocycles. The van der Waals surface area contributed by atoms with Crippen LogP contribution in [0.5, 0.6) is 0 Å². The predicted molar refractivity (Wildman–Crippen MR) is 89.0 cm³/mol. The van der Waals surface area contributed by atoms with Crippen molar-refractivity contribution in [3.05, 3.63) is 47.3 Å². The van der Waals surface area contributed by atoms with E-state index < -0.39 is 0 Å². The summed E-state index contributed by atoms with van der Waals surface area (Å²) in [7, 11) is 0. The Balaban J connectivity index is 0.00000191. The Morgan fingerprint density at radius 1 is 1.14 bits per heavy atom. The van der Waals surface area contributed by atoms with E-state index in [2.05, 4.69) is 6.92 Å². The van der Waals surface area contributed by atoms with E-state index in [9.17, 15) is 9.18 Å². The highest BCUT2D eigenvalue weighted by atomic mass is 19.1. The minimum absolute atomic E-state index is 0.185. The summed E-state index contributed by atoms with van der Waals surface area (Å²) in [5.41, 5.74) is 2.05. The van der Waals surface area contributed by atoms with Gasteiger partial charge in [0.15, 0.2) is 5.78 Å². The maximum absolute atomic E-state index is 13.2. The van der Waals surface area contributed by atoms with Crippen molar-refractivity contribution >= 4 is 5.78 Å². The molecule has 0 amide bonds. The number of halogens is 1. The highest BCUT2D eigenvalue weighted by Crippen LogP contribution is 2.16. The lowest BCUT2D eigenvalue weighted by Gasteiger charge is -2.07. The predicted octanol–water partition coefficient (Wildman–Crippen LogP) is 5.88. The highest BCUT2D eigenvalue weighted by molar-refractivity contribution is 5.90. The Bertz CT molecular complexity index is 435. The quantitative estimate of drug-likeness (QED) is 0.547. The molecule has 0 heterocycles. The van der Waals surface area contributed by atoms with Gasteiger partial charge in [-0.3, -0.25) is 4.79 Å². The first-order chi connectivity index (χ1) is 10.2. The molecule has 1 rings (SSSR count). The average molecular weight is 292 g/mol. The van der Waals surface area contributed by atoms with E-state index in [0.717, 1.165) is 36.8 Å². The van der Waals surface area contributed by atoms with Gasteiger partial charge in [-0.05, 0) is 49.5 Å². The summed E-state index contributed by atoms with van der Waals surface area (Å²) >= 11 is 0. The molecule has 21 heavy (non-hydrogen) atoms. The fourth-order valence-electron chi connectivity index (χ4n) is 2.07. The molecule has 0 saturated carbocycles. The molecule has 0 fully saturated rings. The van der Waals surface area contributed by atoms with E-state index in [-0.39, 0.29) is 11.6 Å². The van der Waals surface area contributed by atoms with E-state index in [1.54, 1.807) is 18.2 Å². The van der Waals surface area contributed by atoms with Crippen molar-refractivity contribution < 1.29 is 9.18 Å². The van der Waals surface area contributed by atoms with Gasteiger partial charge in [0.25, 0.3) is 0 Å². The van der Waals surface area contributed by atoms with E-state index in [0.29, 0.717) is 12.8 Å². The number of hydrogen-bond donors (Lipinski definition) is 0. The molecule has 1 nitrogen and oxygen atoms in total. The molecule has 0 aliphatic carbocycles. The van der Waals surface area contributed by atoms with Gasteiger partial charge >= 0.3 is 0 Å². The first-order valence-electron chi connectivity index (χ1n) is 8.12. The number of allylic oxidation sites excluding steroid dienone is 2. The number of hydrogen-bond acceptors (Lipinski definition) is 1. The Hall–Kier alpha value is -1.44. The van der Waals surface area contributed by atoms with Crippen LogP contribution in [0.1, 0.15) is 65.4 Å². The smallest absolute Gasteiger partial charge is 0.155 e. The number of unbranched alkanes of at least 4 members (excludes halogenated alkanes) is 1. The lowest BCUT2D eigenvalue weighted by Crippen LogP contribution is -1.98. The second-order valence-electron chi connectivity index (χ2n) is 4.93. The van der Waals surface area contributed by atoms with Gasteiger partial charge in [-0.1, -0.05) is 51.8 Å². The minimum atomic E-state index is -0.216. The molecule has 0 saturated heterocycles. The van der Waals surface area contributed by atoms with Gasteiger partial charge in [-0.25, -0.2) is 4.39 Å². The molecule has 0 aliphatic heterocycles. The zero-order valence-corrected chi connectivity index (χ0v) is 13.9. The van der Waals surface area contributed by atoms with Crippen molar-refractivity contribution in [2.24, 2.45) is 0 Å². The fraction of sp³-hybridized carbons (Fsp3) is 0.526. The number of rotatable bonds is 8. The lowest BCUT2D eigenvalue weighted by molar-refractivity contribution is -0.114. The molecule has 0 atom stereocenters. The summed E-state index contributed by atoms with van der Waals surface area (Å²) in [4.78, 5) is 11.7. The first-order valence-corrected chi connectivity index (χ1v) is 8.12. The van der Waals surface area contributed by atoms with Crippen LogP contribution in [0.15, 0.2) is 35.9 Å². The number of carbonyl (C=O) groups excluding carboxylic acids is 1. The van der Waals surface area contributed by atoms with Crippen LogP contribution >= 0.6 is 0 Å². The standard InChI is InChI=1S/C17H23FO.C2H6/c1-3-5-8-15(13-17(19)7-4-2)11-14-9-6-10-16(18)12-14;1-2/h6,9-10,12-13H,3-5,7-8,11H2,1-2H3;1-2H3/b15-13+;. The van der Waals surface area contributed by atoms with Crippen molar-refractivity contribution in [1.82, 2.24) is 0 Å². The maximum atomic E-state index is 13.2. The van der Waals surface area contributed by atoms with Gasteiger partial charge < -0.3 is 0 Å². The van der Waals surface area contributed by atoms with Crippen molar-refractivity contribution in [2.75, 3.05) is 0 Å². The number of ketones is 1. The van der Waals surface area contributed by atoms with Crippen molar-refractivity contribution in [2.45, 2.75) is 66.2 Å². The van der Waals surface area contributed by atoms with Crippen molar-refractivity contribution in [3.63, 3.8) is 0 Å². The van der Waals surface area contributed by atoms with Crippen LogP contribution in [0.2, 0.25) is 0 Å². The van der Waals surface area contributed by atoms with Gasteiger partial charge in [-0.15, -0.1) is 0 Å². The fourth-order valence-corrected chi connectivity index (χ4v) is 2.07. The van der Waals surface area contributed by atoms with Crippen LogP contribution < -0.4 is 0 Å². The van der Waals surface area contributed by atoms with E-state index >= 15 is 0 Å². The maximum Gasteiger partial charge on any atom is 0.155 e. The van der Waals surface area contributed by atoms with Gasteiger partial charge in [-0.2, -0.15) is 0 Å². The van der Waals surface area contributed by atoms with Crippen LogP contribution in [-0.4, -0.2) is 5.78 Å². The molecule has 1 aromatic carbocycles. The second-order valence-corrected chi connectivity index (χ2v) is 4.93. The van der Waals surface area contributed by atoms with Crippen molar-refractivity contribution in [1.29, 1.82) is 0 Å². The first kappa shape index (κ1) is 19.6. The Labute approximate surface area is 129 Å². The van der Waals surface area contributed by atoms with Gasteiger partial charge in [0.1, 0.15) is 5.82 Å². The minimum Gasteiger partial charge on any atom is -0.295 e. The molecule has 0 unspecified atom stereocenters. The topological polar surface area (TPSA) is 17.1 Å². The largest absolute Gasteiger partial charge is 0.295 e. The van der Waals surface area contributed by atoms with E-state index in [1.165, 1.54) is 6.07 Å². The molecular formula is C19H29FO. The zero-order chi connectivity index (χ0) is 16.1. The van der Waals surface area contributed by atoms with Crippen molar-refractivity contribution in [3.8, 4) is 0 Å². The van der Waals surface area contributed by atoms with Crippen LogP contribution in [0, 0.1) is 5.82 Å². The third-order valence-electron chi connectivity index (χ3n) is 3.03. The normalized spacial score (nSPS) is 10.8. The molecular weight excluding hydrogens is 263 g/mol. The summed E-state index contributed by atoms with van der Waals surface area (Å²) < 4.78 is 13.2. The van der Waals surface area contributed by atoms with Crippen LogP contribution in [-0.2, 0) is 11.2 Å². The van der Waals surface area contributed by atoms with Gasteiger partial charge in [0.2, 0.25) is 0 Å². The monoisotopic (exact) mass is 292 g/mol. The Morgan fingerprint density at radius 3 is 2.43 bits per heavy atom. The highest BCUT2D eigenvalue weighted by Gasteiger charge is 2.04. The second kappa shape index (κ2) is 12.3. The van der Waals surface area contributed by atoms with Crippen LogP contribution in [0.25, 0.3) is 0 Å². The lowest BCUT2D eigenvalue weighted by atomic mass is 9.98. The van der Waals surface area contributed by atoms with Gasteiger partial charge in [0, 0.05) is 6.42 Å². The SMILES string of the molecule is CC.CCCC/C(=C\C(=O)CCC)Cc1cccc(F)c1. The summed E-state index contributed by atoms with van der Waals surface area (Å²) in [6.45, 7) is 8.14. The molecule has 0 spiro atoms. The molecule has 0 aliphatic rings. The summed E-state index contributed by atoms with van der Waals surface area (Å²) in [6, 6.07) is 6.62. The third kappa shape index (κ3) is 9.17. The molecule has 0 N–H and O–H groups in total. The van der Waals surface area contributed by atoms with Crippen LogP contribution in [0.3, 0.4) is 0 Å². The zero-order valence-electron chi connectivity index (χ0n) is 13.9. The third-order valence-corrected chi connectivity index (χ3v) is 3.03. The Morgan fingerprint density at radius 2 is 1.86 bits per heavy atom. The molecule has 2 heteroatoms. The summed E-state index contributed by atoms with van der Waals surface area (Å²) in [5, 5.41) is 0. The van der Waals surface area contributed by atoms with Crippen LogP contribution in [0.4, 0.5) is 4.39 Å². The molecule has 1 aromatic rings. The van der Waals surface area contributed by atoms with E-state index in [1.807, 2.05) is 26.8 Å². The van der Waals surface area contributed by atoms with E-state index in [4.69, 9.17) is 0 Å². The Kier molecular flexibility index (Phi) is 11.5. The number of carbonyl (C=O) groups is 1. The number of benzene rings is 1. The molecule has 0 radical (unpaired) electrons. The molecule has 0 bridgehead atoms. The molecule has 118 valence electrons.